The fourth-order valence-corrected chi connectivity index (χ4v) is 6.44. The Hall–Kier alpha value is -4.47. The predicted molar refractivity (Wildman–Crippen MR) is 143 cm³/mol. The Morgan fingerprint density at radius 1 is 1.13 bits per heavy atom. The van der Waals surface area contributed by atoms with E-state index in [-0.39, 0.29) is 17.9 Å². The van der Waals surface area contributed by atoms with Crippen molar-refractivity contribution in [1.29, 1.82) is 0 Å². The molecule has 0 amide bonds. The number of carbonyl (C=O) groups is 1. The maximum Gasteiger partial charge on any atom is 0.308 e. The van der Waals surface area contributed by atoms with Crippen molar-refractivity contribution in [2.75, 3.05) is 5.32 Å². The number of rotatable bonds is 6. The van der Waals surface area contributed by atoms with Gasteiger partial charge in [-0.1, -0.05) is 0 Å². The number of aliphatic carboxylic acids is 1. The summed E-state index contributed by atoms with van der Waals surface area (Å²) < 4.78 is 22.3. The Balaban J connectivity index is 1.33. The SMILES string of the molecule is Cn1cccc1-c1ccc(-c2cc(NC3C4CCC(CC4)C3C(=O)O)nc(-c3c[nH]c4ncc(F)cc34)n2)o1. The van der Waals surface area contributed by atoms with Crippen LogP contribution in [0.2, 0.25) is 0 Å². The van der Waals surface area contributed by atoms with Gasteiger partial charge in [0.15, 0.2) is 17.3 Å². The Bertz CT molecular complexity index is 1700. The predicted octanol–water partition coefficient (Wildman–Crippen LogP) is 5.73. The molecule has 10 heteroatoms. The van der Waals surface area contributed by atoms with Crippen molar-refractivity contribution >= 4 is 22.8 Å². The highest BCUT2D eigenvalue weighted by atomic mass is 19.1. The average Bonchev–Trinajstić information content (AvgIpc) is 3.68. The zero-order valence-corrected chi connectivity index (χ0v) is 21.3. The minimum atomic E-state index is -0.771. The highest BCUT2D eigenvalue weighted by Crippen LogP contribution is 2.46. The molecular formula is C29H27FN6O3. The Morgan fingerprint density at radius 3 is 2.69 bits per heavy atom. The van der Waals surface area contributed by atoms with E-state index in [0.717, 1.165) is 37.6 Å². The van der Waals surface area contributed by atoms with E-state index in [0.29, 0.717) is 45.5 Å². The van der Waals surface area contributed by atoms with Gasteiger partial charge in [0.1, 0.15) is 23.0 Å². The number of aromatic amines is 1. The lowest BCUT2D eigenvalue weighted by Crippen LogP contribution is -2.51. The number of H-pyrrole nitrogens is 1. The van der Waals surface area contributed by atoms with Crippen LogP contribution in [0.15, 0.2) is 59.4 Å². The van der Waals surface area contributed by atoms with Crippen molar-refractivity contribution in [2.45, 2.75) is 31.7 Å². The van der Waals surface area contributed by atoms with Crippen LogP contribution in [0.4, 0.5) is 10.2 Å². The van der Waals surface area contributed by atoms with Gasteiger partial charge in [-0.3, -0.25) is 4.79 Å². The molecular weight excluding hydrogens is 499 g/mol. The number of nitrogens with one attached hydrogen (secondary N) is 2. The van der Waals surface area contributed by atoms with E-state index in [1.54, 1.807) is 12.3 Å². The number of hydrogen-bond acceptors (Lipinski definition) is 6. The highest BCUT2D eigenvalue weighted by molar-refractivity contribution is 5.92. The zero-order valence-electron chi connectivity index (χ0n) is 21.3. The summed E-state index contributed by atoms with van der Waals surface area (Å²) >= 11 is 0. The molecule has 0 saturated heterocycles. The van der Waals surface area contributed by atoms with E-state index in [2.05, 4.69) is 15.3 Å². The average molecular weight is 527 g/mol. The third-order valence-electron chi connectivity index (χ3n) is 8.34. The van der Waals surface area contributed by atoms with E-state index in [9.17, 15) is 14.3 Å². The molecule has 2 unspecified atom stereocenters. The van der Waals surface area contributed by atoms with Crippen molar-refractivity contribution in [3.05, 3.63) is 60.8 Å². The summed E-state index contributed by atoms with van der Waals surface area (Å²) in [6.45, 7) is 0. The summed E-state index contributed by atoms with van der Waals surface area (Å²) in [4.78, 5) is 29.1. The summed E-state index contributed by atoms with van der Waals surface area (Å²) in [5.41, 5.74) is 2.58. The van der Waals surface area contributed by atoms with Gasteiger partial charge in [-0.05, 0) is 67.9 Å². The third-order valence-corrected chi connectivity index (χ3v) is 8.34. The van der Waals surface area contributed by atoms with E-state index in [4.69, 9.17) is 14.4 Å². The van der Waals surface area contributed by atoms with Gasteiger partial charge in [0.05, 0.1) is 17.8 Å². The Morgan fingerprint density at radius 2 is 1.92 bits per heavy atom. The normalized spacial score (nSPS) is 22.4. The van der Waals surface area contributed by atoms with Crippen LogP contribution in [0.5, 0.6) is 0 Å². The van der Waals surface area contributed by atoms with Crippen LogP contribution in [0.3, 0.4) is 0 Å². The molecule has 5 aromatic heterocycles. The minimum absolute atomic E-state index is 0.159. The topological polar surface area (TPSA) is 122 Å². The summed E-state index contributed by atoms with van der Waals surface area (Å²) in [6, 6.07) is 10.6. The van der Waals surface area contributed by atoms with Gasteiger partial charge in [-0.25, -0.2) is 19.3 Å². The van der Waals surface area contributed by atoms with E-state index >= 15 is 0 Å². The molecule has 0 aromatic carbocycles. The second-order valence-electron chi connectivity index (χ2n) is 10.6. The summed E-state index contributed by atoms with van der Waals surface area (Å²) in [6.07, 6.45) is 8.71. The van der Waals surface area contributed by atoms with Crippen LogP contribution in [0, 0.1) is 23.6 Å². The highest BCUT2D eigenvalue weighted by Gasteiger charge is 2.47. The van der Waals surface area contributed by atoms with Crippen LogP contribution in [-0.4, -0.2) is 41.6 Å². The van der Waals surface area contributed by atoms with Crippen molar-refractivity contribution in [3.8, 4) is 34.3 Å². The lowest BCUT2D eigenvalue weighted by atomic mass is 9.61. The summed E-state index contributed by atoms with van der Waals surface area (Å²) in [7, 11) is 1.95. The van der Waals surface area contributed by atoms with Crippen LogP contribution in [0.1, 0.15) is 25.7 Å². The zero-order chi connectivity index (χ0) is 26.7. The van der Waals surface area contributed by atoms with Gasteiger partial charge >= 0.3 is 5.97 Å². The molecule has 3 aliphatic rings. The van der Waals surface area contributed by atoms with Crippen LogP contribution >= 0.6 is 0 Å². The van der Waals surface area contributed by atoms with Gasteiger partial charge < -0.3 is 24.4 Å². The lowest BCUT2D eigenvalue weighted by molar-refractivity contribution is -0.148. The number of pyridine rings is 1. The number of fused-ring (bicyclic) bond motifs is 4. The monoisotopic (exact) mass is 526 g/mol. The molecule has 2 bridgehead atoms. The molecule has 3 fully saturated rings. The molecule has 5 aromatic rings. The molecule has 3 saturated carbocycles. The van der Waals surface area contributed by atoms with Crippen LogP contribution < -0.4 is 5.32 Å². The fraction of sp³-hybridized carbons (Fsp3) is 0.310. The third kappa shape index (κ3) is 4.07. The molecule has 0 spiro atoms. The Labute approximate surface area is 223 Å². The number of hydrogen-bond donors (Lipinski definition) is 3. The maximum absolute atomic E-state index is 14.1. The largest absolute Gasteiger partial charge is 0.481 e. The molecule has 0 aliphatic heterocycles. The van der Waals surface area contributed by atoms with Gasteiger partial charge in [0.25, 0.3) is 0 Å². The molecule has 0 radical (unpaired) electrons. The second-order valence-corrected chi connectivity index (χ2v) is 10.6. The molecule has 3 aliphatic carbocycles. The molecule has 2 atom stereocenters. The van der Waals surface area contributed by atoms with E-state index in [1.165, 1.54) is 6.07 Å². The number of nitrogens with zero attached hydrogens (tertiary/aromatic N) is 4. The molecule has 198 valence electrons. The quantitative estimate of drug-likeness (QED) is 0.258. The molecule has 39 heavy (non-hydrogen) atoms. The summed E-state index contributed by atoms with van der Waals surface area (Å²) in [5.74, 6) is 0.823. The first-order valence-electron chi connectivity index (χ1n) is 13.2. The van der Waals surface area contributed by atoms with Crippen molar-refractivity contribution < 1.29 is 18.7 Å². The number of halogens is 1. The number of aromatic nitrogens is 5. The second kappa shape index (κ2) is 9.07. The number of aryl methyl sites for hydroxylation is 1. The molecule has 8 rings (SSSR count). The van der Waals surface area contributed by atoms with Crippen molar-refractivity contribution in [2.24, 2.45) is 24.8 Å². The lowest BCUT2D eigenvalue weighted by Gasteiger charge is -2.47. The molecule has 9 nitrogen and oxygen atoms in total. The van der Waals surface area contributed by atoms with Crippen molar-refractivity contribution in [1.82, 2.24) is 24.5 Å². The van der Waals surface area contributed by atoms with Gasteiger partial charge in [0.2, 0.25) is 0 Å². The summed E-state index contributed by atoms with van der Waals surface area (Å²) in [5, 5.41) is 14.1. The first kappa shape index (κ1) is 23.6. The van der Waals surface area contributed by atoms with Gasteiger partial charge in [0, 0.05) is 42.5 Å². The van der Waals surface area contributed by atoms with Crippen LogP contribution in [-0.2, 0) is 11.8 Å². The first-order valence-corrected chi connectivity index (χ1v) is 13.2. The van der Waals surface area contributed by atoms with Gasteiger partial charge in [-0.2, -0.15) is 0 Å². The number of carboxylic acids is 1. The minimum Gasteiger partial charge on any atom is -0.481 e. The smallest absolute Gasteiger partial charge is 0.308 e. The molecule has 5 heterocycles. The number of anilines is 1. The number of carboxylic acid groups (broad SMARTS) is 1. The van der Waals surface area contributed by atoms with E-state index < -0.39 is 17.7 Å². The van der Waals surface area contributed by atoms with Crippen molar-refractivity contribution in [3.63, 3.8) is 0 Å². The van der Waals surface area contributed by atoms with E-state index in [1.807, 2.05) is 42.1 Å². The molecule has 3 N–H and O–H groups in total. The Kier molecular flexibility index (Phi) is 5.50. The maximum atomic E-state index is 14.1. The van der Waals surface area contributed by atoms with Gasteiger partial charge in [-0.15, -0.1) is 0 Å². The number of furan rings is 1. The standard InChI is InChI=1S/C29H27FN6O3/c1-36-10-2-3-21(36)23-9-8-22(39-23)20-12-24(34-26-16-6-4-15(5-7-16)25(26)29(37)38)35-28(33-20)19-14-32-27-18(19)11-17(30)13-31-27/h2-3,8-16,25-26H,4-7H2,1H3,(H,31,32)(H,37,38)(H,33,34,35). The van der Waals surface area contributed by atoms with Crippen LogP contribution in [0.25, 0.3) is 45.3 Å². The first-order chi connectivity index (χ1) is 18.9. The fourth-order valence-electron chi connectivity index (χ4n) is 6.44.